The fraction of sp³-hybridized carbons (Fsp3) is 0.250. The number of rotatable bonds is 6. The fourth-order valence-corrected chi connectivity index (χ4v) is 2.84. The highest BCUT2D eigenvalue weighted by atomic mass is 32.2. The van der Waals surface area contributed by atoms with Crippen molar-refractivity contribution in [3.05, 3.63) is 59.7 Å². The molecule has 0 saturated heterocycles. The first kappa shape index (κ1) is 19.0. The fourth-order valence-electron chi connectivity index (χ4n) is 2.30. The molecule has 0 saturated carbocycles. The number of primary sulfonamides is 1. The number of carbonyl (C=O) groups excluding carboxylic acids is 1. The van der Waals surface area contributed by atoms with Crippen molar-refractivity contribution in [2.45, 2.75) is 10.9 Å². The van der Waals surface area contributed by atoms with Crippen molar-refractivity contribution in [3.63, 3.8) is 0 Å². The number of halogens is 1. The van der Waals surface area contributed by atoms with Crippen LogP contribution in [0.5, 0.6) is 0 Å². The molecule has 0 fully saturated rings. The quantitative estimate of drug-likeness (QED) is 0.830. The van der Waals surface area contributed by atoms with Crippen LogP contribution in [0, 0.1) is 5.82 Å². The summed E-state index contributed by atoms with van der Waals surface area (Å²) < 4.78 is 42.1. The zero-order valence-electron chi connectivity index (χ0n) is 13.7. The van der Waals surface area contributed by atoms with Crippen LogP contribution in [0.15, 0.2) is 47.5 Å². The van der Waals surface area contributed by atoms with Crippen LogP contribution in [-0.4, -0.2) is 45.0 Å². The van der Waals surface area contributed by atoms with E-state index in [2.05, 4.69) is 4.98 Å². The Kier molecular flexibility index (Phi) is 5.83. The number of hydrogen-bond donors (Lipinski definition) is 1. The SMILES string of the molecule is COC[C@@H](c1ccccn1)N(C)C(=O)c1cc(S(N)(=O)=O)ccc1F. The number of likely N-dealkylation sites (N-methyl/N-ethyl adjacent to an activating group) is 1. The second kappa shape index (κ2) is 7.68. The lowest BCUT2D eigenvalue weighted by Gasteiger charge is -2.27. The van der Waals surface area contributed by atoms with E-state index in [1.807, 2.05) is 0 Å². The molecule has 7 nitrogen and oxygen atoms in total. The van der Waals surface area contributed by atoms with Gasteiger partial charge in [0.1, 0.15) is 5.82 Å². The van der Waals surface area contributed by atoms with Crippen LogP contribution in [0.25, 0.3) is 0 Å². The van der Waals surface area contributed by atoms with Crippen LogP contribution >= 0.6 is 0 Å². The van der Waals surface area contributed by atoms with E-state index in [9.17, 15) is 17.6 Å². The van der Waals surface area contributed by atoms with Crippen LogP contribution in [0.2, 0.25) is 0 Å². The van der Waals surface area contributed by atoms with Gasteiger partial charge in [0.15, 0.2) is 0 Å². The summed E-state index contributed by atoms with van der Waals surface area (Å²) in [6, 6.07) is 7.45. The number of nitrogens with zero attached hydrogens (tertiary/aromatic N) is 2. The molecular formula is C16H18FN3O4S. The van der Waals surface area contributed by atoms with Crippen molar-refractivity contribution < 1.29 is 22.3 Å². The summed E-state index contributed by atoms with van der Waals surface area (Å²) in [6.07, 6.45) is 1.57. The average molecular weight is 367 g/mol. The number of aromatic nitrogens is 1. The zero-order chi connectivity index (χ0) is 18.6. The Bertz CT molecular complexity index is 859. The number of hydrogen-bond acceptors (Lipinski definition) is 5. The first-order valence-electron chi connectivity index (χ1n) is 7.25. The van der Waals surface area contributed by atoms with E-state index < -0.39 is 33.4 Å². The summed E-state index contributed by atoms with van der Waals surface area (Å²) in [5, 5.41) is 5.05. The summed E-state index contributed by atoms with van der Waals surface area (Å²) in [4.78, 5) is 17.8. The van der Waals surface area contributed by atoms with E-state index in [4.69, 9.17) is 9.88 Å². The minimum Gasteiger partial charge on any atom is -0.382 e. The van der Waals surface area contributed by atoms with Gasteiger partial charge in [-0.2, -0.15) is 0 Å². The minimum absolute atomic E-state index is 0.135. The van der Waals surface area contributed by atoms with E-state index in [1.54, 1.807) is 24.4 Å². The van der Waals surface area contributed by atoms with E-state index in [1.165, 1.54) is 19.1 Å². The first-order valence-corrected chi connectivity index (χ1v) is 8.79. The molecule has 0 aliphatic heterocycles. The molecule has 2 rings (SSSR count). The van der Waals surface area contributed by atoms with Crippen LogP contribution in [0.4, 0.5) is 4.39 Å². The van der Waals surface area contributed by atoms with Crippen LogP contribution in [0.3, 0.4) is 0 Å². The molecule has 2 aromatic rings. The lowest BCUT2D eigenvalue weighted by atomic mass is 10.1. The largest absolute Gasteiger partial charge is 0.382 e. The van der Waals surface area contributed by atoms with E-state index in [0.717, 1.165) is 18.2 Å². The van der Waals surface area contributed by atoms with Gasteiger partial charge in [-0.1, -0.05) is 6.07 Å². The summed E-state index contributed by atoms with van der Waals surface area (Å²) in [7, 11) is -1.13. The minimum atomic E-state index is -4.06. The maximum Gasteiger partial charge on any atom is 0.257 e. The Balaban J connectivity index is 2.41. The van der Waals surface area contributed by atoms with Crippen LogP contribution in [0.1, 0.15) is 22.1 Å². The number of methoxy groups -OCH3 is 1. The Hall–Kier alpha value is -2.36. The van der Waals surface area contributed by atoms with Crippen molar-refractivity contribution in [1.82, 2.24) is 9.88 Å². The van der Waals surface area contributed by atoms with Gasteiger partial charge in [0.25, 0.3) is 5.91 Å². The molecule has 134 valence electrons. The molecule has 0 radical (unpaired) electrons. The van der Waals surface area contributed by atoms with Gasteiger partial charge in [-0.3, -0.25) is 9.78 Å². The third kappa shape index (κ3) is 4.38. The number of sulfonamides is 1. The molecule has 2 N–H and O–H groups in total. The van der Waals surface area contributed by atoms with Gasteiger partial charge in [0.05, 0.1) is 28.8 Å². The summed E-state index contributed by atoms with van der Waals surface area (Å²) >= 11 is 0. The molecule has 1 heterocycles. The van der Waals surface area contributed by atoms with Crippen LogP contribution < -0.4 is 5.14 Å². The highest BCUT2D eigenvalue weighted by Gasteiger charge is 2.26. The highest BCUT2D eigenvalue weighted by molar-refractivity contribution is 7.89. The number of ether oxygens (including phenoxy) is 1. The summed E-state index contributed by atoms with van der Waals surface area (Å²) in [5.41, 5.74) is 0.161. The van der Waals surface area contributed by atoms with Crippen molar-refractivity contribution in [2.75, 3.05) is 20.8 Å². The van der Waals surface area contributed by atoms with Gasteiger partial charge in [-0.05, 0) is 30.3 Å². The van der Waals surface area contributed by atoms with Gasteiger partial charge < -0.3 is 9.64 Å². The Morgan fingerprint density at radius 1 is 1.36 bits per heavy atom. The first-order chi connectivity index (χ1) is 11.8. The molecular weight excluding hydrogens is 349 g/mol. The normalized spacial score (nSPS) is 12.6. The van der Waals surface area contributed by atoms with Gasteiger partial charge in [0.2, 0.25) is 10.0 Å². The topological polar surface area (TPSA) is 103 Å². The number of amides is 1. The second-order valence-electron chi connectivity index (χ2n) is 5.33. The maximum absolute atomic E-state index is 14.1. The van der Waals surface area contributed by atoms with Gasteiger partial charge >= 0.3 is 0 Å². The Labute approximate surface area is 145 Å². The highest BCUT2D eigenvalue weighted by Crippen LogP contribution is 2.22. The molecule has 1 aromatic carbocycles. The van der Waals surface area contributed by atoms with E-state index >= 15 is 0 Å². The molecule has 0 bridgehead atoms. The maximum atomic E-state index is 14.1. The predicted octanol–water partition coefficient (Wildman–Crippen LogP) is 1.33. The molecule has 1 amide bonds. The average Bonchev–Trinajstić information content (AvgIpc) is 2.58. The summed E-state index contributed by atoms with van der Waals surface area (Å²) in [5.74, 6) is -1.56. The number of nitrogens with two attached hydrogens (primary N) is 1. The van der Waals surface area contributed by atoms with E-state index in [-0.39, 0.29) is 11.5 Å². The molecule has 0 aliphatic carbocycles. The lowest BCUT2D eigenvalue weighted by molar-refractivity contribution is 0.0590. The zero-order valence-corrected chi connectivity index (χ0v) is 14.5. The van der Waals surface area contributed by atoms with Gasteiger partial charge in [-0.15, -0.1) is 0 Å². The Morgan fingerprint density at radius 2 is 2.08 bits per heavy atom. The molecule has 0 aliphatic rings. The van der Waals surface area contributed by atoms with Crippen LogP contribution in [-0.2, 0) is 14.8 Å². The predicted molar refractivity (Wildman–Crippen MR) is 88.7 cm³/mol. The Morgan fingerprint density at radius 3 is 2.64 bits per heavy atom. The summed E-state index contributed by atoms with van der Waals surface area (Å²) in [6.45, 7) is 0.135. The number of carbonyl (C=O) groups is 1. The van der Waals surface area contributed by atoms with Gasteiger partial charge in [-0.25, -0.2) is 17.9 Å². The van der Waals surface area contributed by atoms with Crippen molar-refractivity contribution in [1.29, 1.82) is 0 Å². The standard InChI is InChI=1S/C16H18FN3O4S/c1-20(15(10-24-2)14-5-3-4-8-19-14)16(21)12-9-11(25(18,22)23)6-7-13(12)17/h3-9,15H,10H2,1-2H3,(H2,18,22,23)/t15-/m0/s1. The molecule has 1 atom stereocenters. The monoisotopic (exact) mass is 367 g/mol. The van der Waals surface area contributed by atoms with Gasteiger partial charge in [0, 0.05) is 20.4 Å². The lowest BCUT2D eigenvalue weighted by Crippen LogP contribution is -2.35. The smallest absolute Gasteiger partial charge is 0.257 e. The molecule has 25 heavy (non-hydrogen) atoms. The molecule has 0 unspecified atom stereocenters. The molecule has 9 heteroatoms. The molecule has 0 spiro atoms. The third-order valence-corrected chi connectivity index (χ3v) is 4.55. The van der Waals surface area contributed by atoms with E-state index in [0.29, 0.717) is 5.69 Å². The van der Waals surface area contributed by atoms with Crippen molar-refractivity contribution in [3.8, 4) is 0 Å². The second-order valence-corrected chi connectivity index (χ2v) is 6.89. The third-order valence-electron chi connectivity index (χ3n) is 3.64. The molecule has 1 aromatic heterocycles. The van der Waals surface area contributed by atoms with Crippen molar-refractivity contribution in [2.24, 2.45) is 5.14 Å². The number of benzene rings is 1. The number of pyridine rings is 1. The van der Waals surface area contributed by atoms with Crippen molar-refractivity contribution >= 4 is 15.9 Å².